The Labute approximate surface area is 144 Å². The molecular weight excluding hydrogens is 335 g/mol. The number of alkyl halides is 3. The van der Waals surface area contributed by atoms with Gasteiger partial charge in [-0.2, -0.15) is 13.2 Å². The number of nitrogens with two attached hydrogens (primary N) is 1. The van der Waals surface area contributed by atoms with Crippen LogP contribution in [0, 0.1) is 12.3 Å². The minimum Gasteiger partial charge on any atom is -0.381 e. The molecule has 5 nitrogen and oxygen atoms in total. The first-order valence-electron chi connectivity index (χ1n) is 7.81. The van der Waals surface area contributed by atoms with E-state index in [0.717, 1.165) is 12.1 Å². The maximum absolute atomic E-state index is 13.1. The van der Waals surface area contributed by atoms with Gasteiger partial charge in [0, 0.05) is 19.3 Å². The van der Waals surface area contributed by atoms with E-state index in [-0.39, 0.29) is 17.4 Å². The Balaban J connectivity index is 2.65. The molecule has 1 aliphatic heterocycles. The monoisotopic (exact) mass is 355 g/mol. The Hall–Kier alpha value is -2.27. The molecule has 0 spiro atoms. The number of carbonyl (C=O) groups excluding carboxylic acids is 1. The summed E-state index contributed by atoms with van der Waals surface area (Å²) in [5.41, 5.74) is 3.20. The Morgan fingerprint density at radius 1 is 1.36 bits per heavy atom. The molecule has 1 aromatic rings. The van der Waals surface area contributed by atoms with Crippen LogP contribution in [0.4, 0.5) is 19.0 Å². The van der Waals surface area contributed by atoms with Crippen molar-refractivity contribution in [1.29, 1.82) is 0 Å². The molecule has 8 heteroatoms. The van der Waals surface area contributed by atoms with Crippen LogP contribution in [0.1, 0.15) is 42.7 Å². The summed E-state index contributed by atoms with van der Waals surface area (Å²) in [7, 11) is 0. The number of nitrogens with zero attached hydrogens (tertiary/aromatic N) is 2. The fourth-order valence-electron chi connectivity index (χ4n) is 2.89. The van der Waals surface area contributed by atoms with Crippen LogP contribution >= 0.6 is 0 Å². The first kappa shape index (κ1) is 19.1. The summed E-state index contributed by atoms with van der Waals surface area (Å²) in [5.74, 6) is 1.57. The molecule has 0 aliphatic carbocycles. The van der Waals surface area contributed by atoms with Gasteiger partial charge >= 0.3 is 6.18 Å². The van der Waals surface area contributed by atoms with Crippen LogP contribution in [0.3, 0.4) is 0 Å². The van der Waals surface area contributed by atoms with Crippen molar-refractivity contribution in [3.63, 3.8) is 0 Å². The molecular formula is C17H20F3N3O2. The lowest BCUT2D eigenvalue weighted by molar-refractivity contribution is -0.141. The quantitative estimate of drug-likeness (QED) is 0.843. The molecule has 0 atom stereocenters. The van der Waals surface area contributed by atoms with E-state index in [1.165, 1.54) is 0 Å². The molecule has 0 bridgehead atoms. The summed E-state index contributed by atoms with van der Waals surface area (Å²) in [4.78, 5) is 17.1. The van der Waals surface area contributed by atoms with Gasteiger partial charge in [0.05, 0.1) is 11.1 Å². The van der Waals surface area contributed by atoms with E-state index in [1.54, 1.807) is 18.7 Å². The molecule has 1 saturated heterocycles. The van der Waals surface area contributed by atoms with Gasteiger partial charge in [-0.15, -0.1) is 6.42 Å². The number of carbonyl (C=O) groups is 1. The normalized spacial score (nSPS) is 16.3. The topological polar surface area (TPSA) is 68.5 Å². The van der Waals surface area contributed by atoms with E-state index >= 15 is 0 Å². The average molecular weight is 355 g/mol. The van der Waals surface area contributed by atoms with Crippen molar-refractivity contribution in [1.82, 2.24) is 4.98 Å². The third-order valence-corrected chi connectivity index (χ3v) is 4.17. The standard InChI is InChI=1S/C17H20F3N3O2/c1-4-16(2,3)23(11-7-9-25-10-8-11)15-12(14(21)24)5-6-13(22-15)17(18,19)20/h1,5-6,11H,7-10H2,2-3H3,(H2,21,24). The maximum Gasteiger partial charge on any atom is 0.433 e. The highest BCUT2D eigenvalue weighted by molar-refractivity contribution is 5.98. The van der Waals surface area contributed by atoms with Gasteiger partial charge in [0.1, 0.15) is 11.5 Å². The molecule has 25 heavy (non-hydrogen) atoms. The third kappa shape index (κ3) is 4.04. The first-order valence-corrected chi connectivity index (χ1v) is 7.81. The van der Waals surface area contributed by atoms with Crippen molar-refractivity contribution in [2.75, 3.05) is 18.1 Å². The number of aromatic nitrogens is 1. The lowest BCUT2D eigenvalue weighted by Crippen LogP contribution is -2.52. The predicted molar refractivity (Wildman–Crippen MR) is 87.0 cm³/mol. The zero-order chi connectivity index (χ0) is 18.8. The highest BCUT2D eigenvalue weighted by Gasteiger charge is 2.39. The molecule has 0 radical (unpaired) electrons. The number of amides is 1. The van der Waals surface area contributed by atoms with Crippen LogP contribution in [0.25, 0.3) is 0 Å². The number of hydrogen-bond acceptors (Lipinski definition) is 4. The van der Waals surface area contributed by atoms with Gasteiger partial charge in [0.2, 0.25) is 0 Å². The summed E-state index contributed by atoms with van der Waals surface area (Å²) in [6, 6.07) is 1.58. The number of hydrogen-bond donors (Lipinski definition) is 1. The minimum atomic E-state index is -4.65. The van der Waals surface area contributed by atoms with Crippen molar-refractivity contribution in [2.24, 2.45) is 5.73 Å². The van der Waals surface area contributed by atoms with Gasteiger partial charge in [0.25, 0.3) is 5.91 Å². The fraction of sp³-hybridized carbons (Fsp3) is 0.529. The smallest absolute Gasteiger partial charge is 0.381 e. The summed E-state index contributed by atoms with van der Waals surface area (Å²) in [5, 5.41) is 0. The van der Waals surface area contributed by atoms with Crippen LogP contribution in [-0.2, 0) is 10.9 Å². The van der Waals surface area contributed by atoms with Crippen molar-refractivity contribution in [3.8, 4) is 12.3 Å². The van der Waals surface area contributed by atoms with Crippen LogP contribution in [0.2, 0.25) is 0 Å². The third-order valence-electron chi connectivity index (χ3n) is 4.17. The average Bonchev–Trinajstić information content (AvgIpc) is 2.54. The molecule has 1 aromatic heterocycles. The van der Waals surface area contributed by atoms with E-state index in [9.17, 15) is 18.0 Å². The number of primary amides is 1. The summed E-state index contributed by atoms with van der Waals surface area (Å²) < 4.78 is 44.7. The van der Waals surface area contributed by atoms with Gasteiger partial charge < -0.3 is 15.4 Å². The summed E-state index contributed by atoms with van der Waals surface area (Å²) in [6.07, 6.45) is 2.08. The SMILES string of the molecule is C#CC(C)(C)N(c1nc(C(F)(F)F)ccc1C(N)=O)C1CCOCC1. The highest BCUT2D eigenvalue weighted by atomic mass is 19.4. The second-order valence-electron chi connectivity index (χ2n) is 6.35. The maximum atomic E-state index is 13.1. The fourth-order valence-corrected chi connectivity index (χ4v) is 2.89. The van der Waals surface area contributed by atoms with E-state index in [1.807, 2.05) is 0 Å². The number of terminal acetylenes is 1. The molecule has 0 aromatic carbocycles. The lowest BCUT2D eigenvalue weighted by Gasteiger charge is -2.44. The molecule has 1 aliphatic rings. The van der Waals surface area contributed by atoms with Gasteiger partial charge in [-0.25, -0.2) is 4.98 Å². The van der Waals surface area contributed by atoms with Crippen LogP contribution in [0.15, 0.2) is 12.1 Å². The van der Waals surface area contributed by atoms with Crippen LogP contribution < -0.4 is 10.6 Å². The van der Waals surface area contributed by atoms with Gasteiger partial charge in [0.15, 0.2) is 0 Å². The lowest BCUT2D eigenvalue weighted by atomic mass is 9.96. The largest absolute Gasteiger partial charge is 0.433 e. The zero-order valence-electron chi connectivity index (χ0n) is 14.1. The van der Waals surface area contributed by atoms with Crippen LogP contribution in [-0.4, -0.2) is 35.7 Å². The molecule has 0 saturated carbocycles. The van der Waals surface area contributed by atoms with Gasteiger partial charge in [-0.3, -0.25) is 4.79 Å². The first-order chi connectivity index (χ1) is 11.6. The second kappa shape index (κ2) is 6.92. The van der Waals surface area contributed by atoms with E-state index in [4.69, 9.17) is 16.9 Å². The van der Waals surface area contributed by atoms with Crippen molar-refractivity contribution >= 4 is 11.7 Å². The Bertz CT molecular complexity index is 689. The van der Waals surface area contributed by atoms with Gasteiger partial charge in [-0.05, 0) is 38.8 Å². The highest BCUT2D eigenvalue weighted by Crippen LogP contribution is 2.35. The predicted octanol–water partition coefficient (Wildman–Crippen LogP) is 2.60. The zero-order valence-corrected chi connectivity index (χ0v) is 14.1. The number of ether oxygens (including phenoxy) is 1. The van der Waals surface area contributed by atoms with E-state index < -0.39 is 23.3 Å². The number of rotatable bonds is 4. The van der Waals surface area contributed by atoms with Crippen molar-refractivity contribution in [2.45, 2.75) is 44.4 Å². The van der Waals surface area contributed by atoms with E-state index in [0.29, 0.717) is 26.1 Å². The Morgan fingerprint density at radius 3 is 2.44 bits per heavy atom. The molecule has 1 amide bonds. The second-order valence-corrected chi connectivity index (χ2v) is 6.35. The molecule has 136 valence electrons. The van der Waals surface area contributed by atoms with Crippen LogP contribution in [0.5, 0.6) is 0 Å². The molecule has 2 heterocycles. The molecule has 1 fully saturated rings. The number of anilines is 1. The van der Waals surface area contributed by atoms with Gasteiger partial charge in [-0.1, -0.05) is 5.92 Å². The number of pyridine rings is 1. The Kier molecular flexibility index (Phi) is 5.28. The molecule has 0 unspecified atom stereocenters. The van der Waals surface area contributed by atoms with E-state index in [2.05, 4.69) is 10.9 Å². The van der Waals surface area contributed by atoms with Crippen molar-refractivity contribution in [3.05, 3.63) is 23.4 Å². The summed E-state index contributed by atoms with van der Waals surface area (Å²) >= 11 is 0. The van der Waals surface area contributed by atoms with Crippen molar-refractivity contribution < 1.29 is 22.7 Å². The molecule has 2 rings (SSSR count). The summed E-state index contributed by atoms with van der Waals surface area (Å²) in [6.45, 7) is 4.28. The number of halogens is 3. The Morgan fingerprint density at radius 2 is 1.96 bits per heavy atom. The minimum absolute atomic E-state index is 0.0946. The molecule has 2 N–H and O–H groups in total.